The van der Waals surface area contributed by atoms with Crippen molar-refractivity contribution in [3.05, 3.63) is 47.6 Å². The van der Waals surface area contributed by atoms with E-state index in [0.717, 1.165) is 55.6 Å². The fourth-order valence-electron chi connectivity index (χ4n) is 3.89. The number of benzene rings is 1. The molecule has 1 saturated heterocycles. The molecule has 1 aromatic carbocycles. The molecule has 31 heavy (non-hydrogen) atoms. The lowest BCUT2D eigenvalue weighted by Crippen LogP contribution is -2.41. The Labute approximate surface area is 181 Å². The number of hydrogen-bond acceptors (Lipinski definition) is 6. The van der Waals surface area contributed by atoms with Crippen LogP contribution in [0.2, 0.25) is 0 Å². The van der Waals surface area contributed by atoms with E-state index in [0.29, 0.717) is 19.4 Å². The van der Waals surface area contributed by atoms with E-state index in [9.17, 15) is 9.59 Å². The van der Waals surface area contributed by atoms with Crippen LogP contribution < -0.4 is 15.4 Å². The highest BCUT2D eigenvalue weighted by atomic mass is 16.5. The van der Waals surface area contributed by atoms with Gasteiger partial charge in [-0.1, -0.05) is 24.3 Å². The van der Waals surface area contributed by atoms with Crippen molar-refractivity contribution in [1.29, 1.82) is 0 Å². The third-order valence-corrected chi connectivity index (χ3v) is 5.72. The fourth-order valence-corrected chi connectivity index (χ4v) is 3.89. The van der Waals surface area contributed by atoms with Crippen molar-refractivity contribution in [2.24, 2.45) is 0 Å². The number of ether oxygens (including phenoxy) is 1. The molecule has 3 heterocycles. The molecular weight excluding hydrogens is 396 g/mol. The maximum Gasteiger partial charge on any atom is 0.242 e. The molecule has 9 heteroatoms. The van der Waals surface area contributed by atoms with Crippen LogP contribution in [0.1, 0.15) is 30.1 Å². The molecule has 4 rings (SSSR count). The van der Waals surface area contributed by atoms with Crippen molar-refractivity contribution in [3.63, 3.8) is 0 Å². The van der Waals surface area contributed by atoms with E-state index in [2.05, 4.69) is 42.4 Å². The van der Waals surface area contributed by atoms with E-state index in [4.69, 9.17) is 4.74 Å². The molecule has 0 saturated carbocycles. The number of methoxy groups -OCH3 is 1. The highest BCUT2D eigenvalue weighted by Gasteiger charge is 2.27. The summed E-state index contributed by atoms with van der Waals surface area (Å²) in [5, 5.41) is 14.1. The van der Waals surface area contributed by atoms with Crippen LogP contribution in [-0.4, -0.2) is 64.3 Å². The Morgan fingerprint density at radius 1 is 1.23 bits per heavy atom. The van der Waals surface area contributed by atoms with E-state index in [1.54, 1.807) is 7.11 Å². The van der Waals surface area contributed by atoms with Crippen LogP contribution in [0.5, 0.6) is 5.75 Å². The zero-order valence-corrected chi connectivity index (χ0v) is 17.7. The monoisotopic (exact) mass is 424 g/mol. The second-order valence-electron chi connectivity index (χ2n) is 7.79. The minimum atomic E-state index is -0.438. The summed E-state index contributed by atoms with van der Waals surface area (Å²) in [5.41, 5.74) is 1.14. The van der Waals surface area contributed by atoms with E-state index >= 15 is 0 Å². The molecule has 1 atom stereocenters. The average Bonchev–Trinajstić information content (AvgIpc) is 3.34. The lowest BCUT2D eigenvalue weighted by atomic mass is 10.2. The molecule has 1 fully saturated rings. The fraction of sp³-hybridized carbons (Fsp3) is 0.455. The van der Waals surface area contributed by atoms with Crippen LogP contribution >= 0.6 is 0 Å². The van der Waals surface area contributed by atoms with Gasteiger partial charge in [0.15, 0.2) is 5.82 Å². The molecule has 164 valence electrons. The molecule has 0 aliphatic carbocycles. The zero-order chi connectivity index (χ0) is 21.6. The van der Waals surface area contributed by atoms with Crippen molar-refractivity contribution in [2.75, 3.05) is 26.7 Å². The van der Waals surface area contributed by atoms with Crippen LogP contribution in [0, 0.1) is 0 Å². The molecule has 9 nitrogen and oxygen atoms in total. The van der Waals surface area contributed by atoms with Crippen LogP contribution in [0.4, 0.5) is 0 Å². The van der Waals surface area contributed by atoms with Gasteiger partial charge in [0.1, 0.15) is 17.6 Å². The molecule has 1 aromatic heterocycles. The van der Waals surface area contributed by atoms with Crippen molar-refractivity contribution < 1.29 is 14.3 Å². The highest BCUT2D eigenvalue weighted by molar-refractivity contribution is 5.90. The molecule has 0 unspecified atom stereocenters. The Hall–Kier alpha value is -3.20. The van der Waals surface area contributed by atoms with Gasteiger partial charge in [-0.2, -0.15) is 0 Å². The first-order valence-electron chi connectivity index (χ1n) is 10.6. The van der Waals surface area contributed by atoms with Crippen molar-refractivity contribution in [1.82, 2.24) is 30.3 Å². The largest absolute Gasteiger partial charge is 0.497 e. The number of nitrogens with one attached hydrogen (secondary N) is 2. The van der Waals surface area contributed by atoms with E-state index < -0.39 is 6.04 Å². The zero-order valence-electron chi connectivity index (χ0n) is 17.7. The lowest BCUT2D eigenvalue weighted by Gasteiger charge is -2.17. The van der Waals surface area contributed by atoms with Gasteiger partial charge >= 0.3 is 0 Å². The summed E-state index contributed by atoms with van der Waals surface area (Å²) < 4.78 is 7.29. The molecule has 2 aliphatic rings. The van der Waals surface area contributed by atoms with Gasteiger partial charge in [0.25, 0.3) is 0 Å². The minimum Gasteiger partial charge on any atom is -0.497 e. The molecule has 2 N–H and O–H groups in total. The van der Waals surface area contributed by atoms with Crippen LogP contribution in [-0.2, 0) is 29.1 Å². The third-order valence-electron chi connectivity index (χ3n) is 5.72. The SMILES string of the molecule is COc1ccc(/C=C/CN2CCc3nnc(CNC(=O)[C@H]4CCC(=O)N4)n3CC2)cc1. The minimum absolute atomic E-state index is 0.0716. The maximum absolute atomic E-state index is 12.2. The van der Waals surface area contributed by atoms with E-state index in [-0.39, 0.29) is 11.8 Å². The predicted molar refractivity (Wildman–Crippen MR) is 115 cm³/mol. The molecule has 0 spiro atoms. The number of carbonyl (C=O) groups is 2. The number of rotatable bonds is 7. The first kappa shape index (κ1) is 21.0. The standard InChI is InChI=1S/C22H28N6O3/c1-31-17-6-4-16(5-7-17)3-2-11-27-12-10-19-25-26-20(28(19)14-13-27)15-23-22(30)18-8-9-21(29)24-18/h2-7,18H,8-15H2,1H3,(H,23,30)(H,24,29)/b3-2+/t18-/m1/s1. The van der Waals surface area contributed by atoms with E-state index in [1.807, 2.05) is 24.3 Å². The van der Waals surface area contributed by atoms with Gasteiger partial charge in [-0.25, -0.2) is 0 Å². The number of aromatic nitrogens is 3. The first-order valence-corrected chi connectivity index (χ1v) is 10.6. The van der Waals surface area contributed by atoms with Gasteiger partial charge in [0, 0.05) is 39.0 Å². The van der Waals surface area contributed by atoms with Crippen molar-refractivity contribution >= 4 is 17.9 Å². The Bertz CT molecular complexity index is 953. The summed E-state index contributed by atoms with van der Waals surface area (Å²) in [6, 6.07) is 7.55. The summed E-state index contributed by atoms with van der Waals surface area (Å²) >= 11 is 0. The number of hydrogen-bond donors (Lipinski definition) is 2. The smallest absolute Gasteiger partial charge is 0.242 e. The van der Waals surface area contributed by atoms with Crippen LogP contribution in [0.15, 0.2) is 30.3 Å². The van der Waals surface area contributed by atoms with Crippen LogP contribution in [0.25, 0.3) is 6.08 Å². The predicted octanol–water partition coefficient (Wildman–Crippen LogP) is 0.753. The molecule has 0 radical (unpaired) electrons. The van der Waals surface area contributed by atoms with Gasteiger partial charge < -0.3 is 19.9 Å². The number of fused-ring (bicyclic) bond motifs is 1. The summed E-state index contributed by atoms with van der Waals surface area (Å²) in [7, 11) is 1.67. The molecule has 2 aromatic rings. The highest BCUT2D eigenvalue weighted by Crippen LogP contribution is 2.13. The first-order chi connectivity index (χ1) is 15.1. The Morgan fingerprint density at radius 2 is 2.06 bits per heavy atom. The topological polar surface area (TPSA) is 101 Å². The van der Waals surface area contributed by atoms with Crippen molar-refractivity contribution in [2.45, 2.75) is 38.4 Å². The summed E-state index contributed by atoms with van der Waals surface area (Å²) in [5.74, 6) is 2.32. The average molecular weight is 425 g/mol. The maximum atomic E-state index is 12.2. The quantitative estimate of drug-likeness (QED) is 0.680. The van der Waals surface area contributed by atoms with Crippen molar-refractivity contribution in [3.8, 4) is 5.75 Å². The van der Waals surface area contributed by atoms with Gasteiger partial charge in [-0.3, -0.25) is 14.5 Å². The second kappa shape index (κ2) is 9.74. The number of amides is 2. The lowest BCUT2D eigenvalue weighted by molar-refractivity contribution is -0.125. The number of carbonyl (C=O) groups excluding carboxylic acids is 2. The third kappa shape index (κ3) is 5.29. The molecule has 0 bridgehead atoms. The van der Waals surface area contributed by atoms with Gasteiger partial charge in [-0.15, -0.1) is 10.2 Å². The Kier molecular flexibility index (Phi) is 6.61. The summed E-state index contributed by atoms with van der Waals surface area (Å²) in [4.78, 5) is 25.9. The molecule has 2 amide bonds. The summed E-state index contributed by atoms with van der Waals surface area (Å²) in [6.07, 6.45) is 6.05. The Morgan fingerprint density at radius 3 is 2.81 bits per heavy atom. The number of nitrogens with zero attached hydrogens (tertiary/aromatic N) is 4. The van der Waals surface area contributed by atoms with Gasteiger partial charge in [-0.05, 0) is 24.1 Å². The van der Waals surface area contributed by atoms with E-state index in [1.165, 1.54) is 0 Å². The molecular formula is C22H28N6O3. The second-order valence-corrected chi connectivity index (χ2v) is 7.79. The normalized spacial score (nSPS) is 19.1. The van der Waals surface area contributed by atoms with Crippen LogP contribution in [0.3, 0.4) is 0 Å². The Balaban J connectivity index is 1.27. The van der Waals surface area contributed by atoms with Gasteiger partial charge in [0.05, 0.1) is 13.7 Å². The molecule has 2 aliphatic heterocycles. The van der Waals surface area contributed by atoms with Gasteiger partial charge in [0.2, 0.25) is 11.8 Å². The summed E-state index contributed by atoms with van der Waals surface area (Å²) in [6.45, 7) is 3.75.